The van der Waals surface area contributed by atoms with Gasteiger partial charge in [0.25, 0.3) is 0 Å². The van der Waals surface area contributed by atoms with Gasteiger partial charge in [-0.15, -0.1) is 0 Å². The summed E-state index contributed by atoms with van der Waals surface area (Å²) >= 11 is 0. The summed E-state index contributed by atoms with van der Waals surface area (Å²) < 4.78 is 2.12. The molecule has 1 aliphatic rings. The molecule has 0 radical (unpaired) electrons. The minimum Gasteiger partial charge on any atom is -0.297 e. The summed E-state index contributed by atoms with van der Waals surface area (Å²) in [6, 6.07) is 2.56. The van der Waals surface area contributed by atoms with E-state index in [9.17, 15) is 0 Å². The Morgan fingerprint density at radius 3 is 3.00 bits per heavy atom. The molecule has 5 nitrogen and oxygen atoms in total. The van der Waals surface area contributed by atoms with Gasteiger partial charge in [0.2, 0.25) is 0 Å². The first kappa shape index (κ1) is 13.4. The Hall–Kier alpha value is -1.62. The second kappa shape index (κ2) is 5.40. The third kappa shape index (κ3) is 2.50. The predicted octanol–water partition coefficient (Wildman–Crippen LogP) is 2.49. The van der Waals surface area contributed by atoms with E-state index < -0.39 is 0 Å². The van der Waals surface area contributed by atoms with Gasteiger partial charge in [-0.05, 0) is 45.4 Å². The smallest absolute Gasteiger partial charge is 0.0527 e. The molecule has 1 atom stereocenters. The molecule has 5 heteroatoms. The zero-order valence-corrected chi connectivity index (χ0v) is 12.5. The lowest BCUT2D eigenvalue weighted by Gasteiger charge is -2.18. The van der Waals surface area contributed by atoms with Gasteiger partial charge in [0.05, 0.1) is 11.9 Å². The van der Waals surface area contributed by atoms with Gasteiger partial charge in [-0.3, -0.25) is 14.7 Å². The molecule has 2 aromatic heterocycles. The Balaban J connectivity index is 1.66. The van der Waals surface area contributed by atoms with Crippen LogP contribution >= 0.6 is 0 Å². The monoisotopic (exact) mass is 273 g/mol. The van der Waals surface area contributed by atoms with Crippen molar-refractivity contribution in [3.8, 4) is 0 Å². The molecule has 1 saturated heterocycles. The molecule has 20 heavy (non-hydrogen) atoms. The largest absolute Gasteiger partial charge is 0.297 e. The average Bonchev–Trinajstić information content (AvgIpc) is 3.09. The van der Waals surface area contributed by atoms with Crippen molar-refractivity contribution in [2.75, 3.05) is 13.1 Å². The van der Waals surface area contributed by atoms with Gasteiger partial charge in [0.15, 0.2) is 0 Å². The maximum absolute atomic E-state index is 4.41. The summed E-state index contributed by atoms with van der Waals surface area (Å²) in [5.74, 6) is 0.591. The number of nitrogens with one attached hydrogen (secondary N) is 1. The van der Waals surface area contributed by atoms with Crippen molar-refractivity contribution >= 4 is 0 Å². The summed E-state index contributed by atoms with van der Waals surface area (Å²) in [5.41, 5.74) is 3.90. The number of rotatable bonds is 4. The highest BCUT2D eigenvalue weighted by Gasteiger charge is 2.26. The molecule has 1 aliphatic heterocycles. The van der Waals surface area contributed by atoms with E-state index in [0.717, 1.165) is 19.6 Å². The van der Waals surface area contributed by atoms with Gasteiger partial charge in [-0.2, -0.15) is 10.2 Å². The standard InChI is InChI=1S/C15H23N5/c1-11(2)20-14(4-6-17-20)10-19-7-5-13(9-19)15-12(3)8-16-18-15/h4,6,8,11,13H,5,7,9-10H2,1-3H3,(H,16,18)/t13-/m0/s1. The number of hydrogen-bond donors (Lipinski definition) is 1. The highest BCUT2D eigenvalue weighted by atomic mass is 15.3. The van der Waals surface area contributed by atoms with Crippen molar-refractivity contribution in [1.29, 1.82) is 0 Å². The molecule has 1 fully saturated rings. The number of aromatic nitrogens is 4. The molecule has 2 aromatic rings. The van der Waals surface area contributed by atoms with Gasteiger partial charge < -0.3 is 0 Å². The van der Waals surface area contributed by atoms with Crippen molar-refractivity contribution < 1.29 is 0 Å². The molecule has 1 N–H and O–H groups in total. The van der Waals surface area contributed by atoms with Crippen LogP contribution in [0.2, 0.25) is 0 Å². The number of H-pyrrole nitrogens is 1. The third-order valence-corrected chi connectivity index (χ3v) is 4.18. The van der Waals surface area contributed by atoms with E-state index in [1.165, 1.54) is 23.4 Å². The van der Waals surface area contributed by atoms with E-state index in [1.54, 1.807) is 0 Å². The molecule has 0 aromatic carbocycles. The van der Waals surface area contributed by atoms with Gasteiger partial charge in [-0.1, -0.05) is 0 Å². The maximum atomic E-state index is 4.41. The fourth-order valence-electron chi connectivity index (χ4n) is 3.14. The van der Waals surface area contributed by atoms with Crippen molar-refractivity contribution in [3.05, 3.63) is 35.4 Å². The quantitative estimate of drug-likeness (QED) is 0.931. The molecule has 0 amide bonds. The molecule has 3 heterocycles. The van der Waals surface area contributed by atoms with E-state index >= 15 is 0 Å². The molecule has 0 bridgehead atoms. The number of hydrogen-bond acceptors (Lipinski definition) is 3. The van der Waals surface area contributed by atoms with Crippen LogP contribution in [-0.4, -0.2) is 38.0 Å². The van der Waals surface area contributed by atoms with Crippen molar-refractivity contribution in [3.63, 3.8) is 0 Å². The first-order chi connectivity index (χ1) is 9.65. The number of aryl methyl sites for hydroxylation is 1. The average molecular weight is 273 g/mol. The zero-order chi connectivity index (χ0) is 14.1. The second-order valence-corrected chi connectivity index (χ2v) is 6.05. The van der Waals surface area contributed by atoms with Crippen LogP contribution < -0.4 is 0 Å². The van der Waals surface area contributed by atoms with Crippen LogP contribution in [0.3, 0.4) is 0 Å². The summed E-state index contributed by atoms with van der Waals surface area (Å²) in [7, 11) is 0. The van der Waals surface area contributed by atoms with E-state index in [4.69, 9.17) is 0 Å². The lowest BCUT2D eigenvalue weighted by atomic mass is 10.0. The highest BCUT2D eigenvalue weighted by molar-refractivity contribution is 5.20. The van der Waals surface area contributed by atoms with Crippen molar-refractivity contribution in [2.45, 2.75) is 45.7 Å². The van der Waals surface area contributed by atoms with Crippen LogP contribution in [0.15, 0.2) is 18.5 Å². The fourth-order valence-corrected chi connectivity index (χ4v) is 3.14. The summed E-state index contributed by atoms with van der Waals surface area (Å²) in [6.07, 6.45) is 5.03. The first-order valence-electron chi connectivity index (χ1n) is 7.39. The highest BCUT2D eigenvalue weighted by Crippen LogP contribution is 2.28. The van der Waals surface area contributed by atoms with Crippen LogP contribution in [0.5, 0.6) is 0 Å². The van der Waals surface area contributed by atoms with Gasteiger partial charge in [0.1, 0.15) is 0 Å². The van der Waals surface area contributed by atoms with Crippen molar-refractivity contribution in [2.24, 2.45) is 0 Å². The van der Waals surface area contributed by atoms with E-state index in [0.29, 0.717) is 12.0 Å². The number of likely N-dealkylation sites (tertiary alicyclic amines) is 1. The molecule has 0 unspecified atom stereocenters. The first-order valence-corrected chi connectivity index (χ1v) is 7.39. The summed E-state index contributed by atoms with van der Waals surface area (Å²) in [4.78, 5) is 2.51. The number of aromatic amines is 1. The fraction of sp³-hybridized carbons (Fsp3) is 0.600. The molecular formula is C15H23N5. The van der Waals surface area contributed by atoms with Crippen LogP contribution in [0.25, 0.3) is 0 Å². The Morgan fingerprint density at radius 1 is 1.45 bits per heavy atom. The van der Waals surface area contributed by atoms with Crippen LogP contribution in [0.4, 0.5) is 0 Å². The predicted molar refractivity (Wildman–Crippen MR) is 78.6 cm³/mol. The normalized spacial score (nSPS) is 20.1. The lowest BCUT2D eigenvalue weighted by Crippen LogP contribution is -2.22. The molecular weight excluding hydrogens is 250 g/mol. The summed E-state index contributed by atoms with van der Waals surface area (Å²) in [6.45, 7) is 9.73. The lowest BCUT2D eigenvalue weighted by molar-refractivity contribution is 0.309. The Labute approximate surface area is 120 Å². The Bertz CT molecular complexity index is 568. The van der Waals surface area contributed by atoms with Crippen LogP contribution in [-0.2, 0) is 6.54 Å². The molecule has 108 valence electrons. The molecule has 3 rings (SSSR count). The van der Waals surface area contributed by atoms with Crippen LogP contribution in [0.1, 0.15) is 49.2 Å². The van der Waals surface area contributed by atoms with Gasteiger partial charge in [0, 0.05) is 36.9 Å². The molecule has 0 saturated carbocycles. The minimum absolute atomic E-state index is 0.424. The van der Waals surface area contributed by atoms with E-state index in [2.05, 4.69) is 51.7 Å². The maximum Gasteiger partial charge on any atom is 0.0527 e. The van der Waals surface area contributed by atoms with E-state index in [1.807, 2.05) is 12.4 Å². The zero-order valence-electron chi connectivity index (χ0n) is 12.5. The van der Waals surface area contributed by atoms with Gasteiger partial charge in [-0.25, -0.2) is 0 Å². The van der Waals surface area contributed by atoms with Crippen LogP contribution in [0, 0.1) is 6.92 Å². The second-order valence-electron chi connectivity index (χ2n) is 6.05. The number of nitrogens with zero attached hydrogens (tertiary/aromatic N) is 4. The summed E-state index contributed by atoms with van der Waals surface area (Å²) in [5, 5.41) is 11.7. The third-order valence-electron chi connectivity index (χ3n) is 4.18. The minimum atomic E-state index is 0.424. The topological polar surface area (TPSA) is 49.7 Å². The molecule has 0 aliphatic carbocycles. The Morgan fingerprint density at radius 2 is 2.30 bits per heavy atom. The van der Waals surface area contributed by atoms with Gasteiger partial charge >= 0.3 is 0 Å². The molecule has 0 spiro atoms. The SMILES string of the molecule is Cc1cn[nH]c1[C@H]1CCN(Cc2ccnn2C(C)C)C1. The Kier molecular flexibility index (Phi) is 3.61. The van der Waals surface area contributed by atoms with Crippen molar-refractivity contribution in [1.82, 2.24) is 24.9 Å². The van der Waals surface area contributed by atoms with E-state index in [-0.39, 0.29) is 0 Å².